The second-order valence-corrected chi connectivity index (χ2v) is 5.34. The lowest BCUT2D eigenvalue weighted by molar-refractivity contribution is -0.137. The predicted molar refractivity (Wildman–Crippen MR) is 70.7 cm³/mol. The monoisotopic (exact) mass is 269 g/mol. The number of hydrogen-bond acceptors (Lipinski definition) is 4. The van der Waals surface area contributed by atoms with Crippen LogP contribution in [-0.2, 0) is 14.3 Å². The third-order valence-electron chi connectivity index (χ3n) is 3.81. The molecule has 0 saturated carbocycles. The van der Waals surface area contributed by atoms with E-state index < -0.39 is 0 Å². The molecule has 0 bridgehead atoms. The maximum absolute atomic E-state index is 12.2. The molecule has 2 aliphatic rings. The van der Waals surface area contributed by atoms with Crippen molar-refractivity contribution in [2.75, 3.05) is 39.9 Å². The van der Waals surface area contributed by atoms with E-state index in [1.807, 2.05) is 18.9 Å². The van der Waals surface area contributed by atoms with E-state index in [1.54, 1.807) is 4.90 Å². The highest BCUT2D eigenvalue weighted by molar-refractivity contribution is 5.81. The summed E-state index contributed by atoms with van der Waals surface area (Å²) in [4.78, 5) is 27.2. The minimum absolute atomic E-state index is 0.128. The molecule has 2 unspecified atom stereocenters. The van der Waals surface area contributed by atoms with Crippen LogP contribution in [0.5, 0.6) is 0 Å². The van der Waals surface area contributed by atoms with E-state index in [4.69, 9.17) is 4.74 Å². The summed E-state index contributed by atoms with van der Waals surface area (Å²) in [5.74, 6) is 0.313. The SMILES string of the molecule is CC(NC1CCC(=O)N(C)C1)C(=O)N1CCOCC1. The first kappa shape index (κ1) is 14.3. The molecular weight excluding hydrogens is 246 g/mol. The molecule has 19 heavy (non-hydrogen) atoms. The number of nitrogens with one attached hydrogen (secondary N) is 1. The Balaban J connectivity index is 1.81. The van der Waals surface area contributed by atoms with E-state index in [-0.39, 0.29) is 23.9 Å². The first-order valence-corrected chi connectivity index (χ1v) is 6.94. The average molecular weight is 269 g/mol. The summed E-state index contributed by atoms with van der Waals surface area (Å²) < 4.78 is 5.25. The second-order valence-electron chi connectivity index (χ2n) is 5.34. The van der Waals surface area contributed by atoms with Crippen LogP contribution in [-0.4, -0.2) is 73.6 Å². The van der Waals surface area contributed by atoms with E-state index in [9.17, 15) is 9.59 Å². The van der Waals surface area contributed by atoms with E-state index in [1.165, 1.54) is 0 Å². The highest BCUT2D eigenvalue weighted by atomic mass is 16.5. The van der Waals surface area contributed by atoms with Crippen LogP contribution in [0.15, 0.2) is 0 Å². The molecule has 2 fully saturated rings. The molecule has 0 spiro atoms. The molecule has 0 aromatic carbocycles. The Morgan fingerprint density at radius 1 is 1.42 bits per heavy atom. The van der Waals surface area contributed by atoms with Gasteiger partial charge in [0.05, 0.1) is 19.3 Å². The zero-order valence-electron chi connectivity index (χ0n) is 11.7. The number of likely N-dealkylation sites (tertiary alicyclic amines) is 1. The summed E-state index contributed by atoms with van der Waals surface area (Å²) in [6.45, 7) is 5.17. The number of piperidine rings is 1. The van der Waals surface area contributed by atoms with Crippen molar-refractivity contribution < 1.29 is 14.3 Å². The fourth-order valence-corrected chi connectivity index (χ4v) is 2.63. The number of carbonyl (C=O) groups excluding carboxylic acids is 2. The molecule has 2 rings (SSSR count). The van der Waals surface area contributed by atoms with Gasteiger partial charge in [-0.25, -0.2) is 0 Å². The van der Waals surface area contributed by atoms with Gasteiger partial charge in [0.2, 0.25) is 11.8 Å². The topological polar surface area (TPSA) is 61.9 Å². The Morgan fingerprint density at radius 2 is 2.11 bits per heavy atom. The van der Waals surface area contributed by atoms with Crippen molar-refractivity contribution in [1.29, 1.82) is 0 Å². The maximum atomic E-state index is 12.2. The van der Waals surface area contributed by atoms with Gasteiger partial charge in [0.1, 0.15) is 0 Å². The third kappa shape index (κ3) is 3.67. The molecule has 2 aliphatic heterocycles. The second kappa shape index (κ2) is 6.34. The molecule has 0 aromatic rings. The fourth-order valence-electron chi connectivity index (χ4n) is 2.63. The van der Waals surface area contributed by atoms with Crippen LogP contribution < -0.4 is 5.32 Å². The minimum atomic E-state index is -0.204. The van der Waals surface area contributed by atoms with Gasteiger partial charge in [0, 0.05) is 39.1 Å². The van der Waals surface area contributed by atoms with Crippen LogP contribution in [0.2, 0.25) is 0 Å². The van der Waals surface area contributed by atoms with Crippen molar-refractivity contribution in [3.63, 3.8) is 0 Å². The normalized spacial score (nSPS) is 26.4. The quantitative estimate of drug-likeness (QED) is 0.746. The zero-order chi connectivity index (χ0) is 13.8. The van der Waals surface area contributed by atoms with Gasteiger partial charge in [-0.05, 0) is 13.3 Å². The number of nitrogens with zero attached hydrogens (tertiary/aromatic N) is 2. The van der Waals surface area contributed by atoms with Crippen LogP contribution in [0, 0.1) is 0 Å². The molecule has 0 radical (unpaired) electrons. The van der Waals surface area contributed by atoms with E-state index in [0.717, 1.165) is 6.42 Å². The molecule has 0 aromatic heterocycles. The first-order chi connectivity index (χ1) is 9.08. The molecule has 6 heteroatoms. The summed E-state index contributed by atoms with van der Waals surface area (Å²) >= 11 is 0. The Morgan fingerprint density at radius 3 is 2.74 bits per heavy atom. The summed E-state index contributed by atoms with van der Waals surface area (Å²) in [5, 5.41) is 3.34. The Hall–Kier alpha value is -1.14. The van der Waals surface area contributed by atoms with Gasteiger partial charge in [-0.15, -0.1) is 0 Å². The van der Waals surface area contributed by atoms with Crippen molar-refractivity contribution in [3.05, 3.63) is 0 Å². The van der Waals surface area contributed by atoms with Crippen LogP contribution >= 0.6 is 0 Å². The van der Waals surface area contributed by atoms with Gasteiger partial charge in [0.25, 0.3) is 0 Å². The van der Waals surface area contributed by atoms with Crippen molar-refractivity contribution >= 4 is 11.8 Å². The van der Waals surface area contributed by atoms with E-state index in [2.05, 4.69) is 5.32 Å². The van der Waals surface area contributed by atoms with E-state index >= 15 is 0 Å². The molecule has 2 heterocycles. The Labute approximate surface area is 114 Å². The van der Waals surface area contributed by atoms with Gasteiger partial charge < -0.3 is 19.9 Å². The van der Waals surface area contributed by atoms with Gasteiger partial charge >= 0.3 is 0 Å². The largest absolute Gasteiger partial charge is 0.378 e. The number of rotatable bonds is 3. The van der Waals surface area contributed by atoms with Crippen LogP contribution in [0.3, 0.4) is 0 Å². The summed E-state index contributed by atoms with van der Waals surface area (Å²) in [6, 6.07) is 0.00685. The molecule has 108 valence electrons. The lowest BCUT2D eigenvalue weighted by Gasteiger charge is -2.34. The highest BCUT2D eigenvalue weighted by Crippen LogP contribution is 2.11. The number of ether oxygens (including phenoxy) is 1. The zero-order valence-corrected chi connectivity index (χ0v) is 11.7. The molecule has 2 atom stereocenters. The predicted octanol–water partition coefficient (Wildman–Crippen LogP) is -0.556. The van der Waals surface area contributed by atoms with Crippen LogP contribution in [0.25, 0.3) is 0 Å². The summed E-state index contributed by atoms with van der Waals surface area (Å²) in [7, 11) is 1.81. The standard InChI is InChI=1S/C13H23N3O3/c1-10(13(18)16-5-7-19-8-6-16)14-11-3-4-12(17)15(2)9-11/h10-11,14H,3-9H2,1-2H3. The minimum Gasteiger partial charge on any atom is -0.378 e. The molecule has 2 amide bonds. The van der Waals surface area contributed by atoms with Crippen LogP contribution in [0.1, 0.15) is 19.8 Å². The van der Waals surface area contributed by atoms with Crippen LogP contribution in [0.4, 0.5) is 0 Å². The average Bonchev–Trinajstić information content (AvgIpc) is 2.43. The molecule has 1 N–H and O–H groups in total. The molecule has 2 saturated heterocycles. The summed E-state index contributed by atoms with van der Waals surface area (Å²) in [5.41, 5.74) is 0. The lowest BCUT2D eigenvalue weighted by Crippen LogP contribution is -2.55. The van der Waals surface area contributed by atoms with Gasteiger partial charge in [0.15, 0.2) is 0 Å². The molecule has 6 nitrogen and oxygen atoms in total. The number of carbonyl (C=O) groups is 2. The highest BCUT2D eigenvalue weighted by Gasteiger charge is 2.28. The number of amides is 2. The van der Waals surface area contributed by atoms with Crippen molar-refractivity contribution in [3.8, 4) is 0 Å². The number of hydrogen-bond donors (Lipinski definition) is 1. The van der Waals surface area contributed by atoms with Crippen molar-refractivity contribution in [2.45, 2.75) is 31.8 Å². The number of morpholine rings is 1. The van der Waals surface area contributed by atoms with Gasteiger partial charge in [-0.1, -0.05) is 0 Å². The smallest absolute Gasteiger partial charge is 0.239 e. The first-order valence-electron chi connectivity index (χ1n) is 6.94. The van der Waals surface area contributed by atoms with Gasteiger partial charge in [-0.2, -0.15) is 0 Å². The Bertz CT molecular complexity index is 342. The van der Waals surface area contributed by atoms with Crippen molar-refractivity contribution in [1.82, 2.24) is 15.1 Å². The lowest BCUT2D eigenvalue weighted by atomic mass is 10.0. The third-order valence-corrected chi connectivity index (χ3v) is 3.81. The maximum Gasteiger partial charge on any atom is 0.239 e. The fraction of sp³-hybridized carbons (Fsp3) is 0.846. The van der Waals surface area contributed by atoms with Gasteiger partial charge in [-0.3, -0.25) is 9.59 Å². The Kier molecular flexibility index (Phi) is 4.76. The molecular formula is C13H23N3O3. The number of likely N-dealkylation sites (N-methyl/N-ethyl adjacent to an activating group) is 1. The van der Waals surface area contributed by atoms with E-state index in [0.29, 0.717) is 39.3 Å². The summed E-state index contributed by atoms with van der Waals surface area (Å²) in [6.07, 6.45) is 1.37. The molecule has 0 aliphatic carbocycles. The van der Waals surface area contributed by atoms with Crippen molar-refractivity contribution in [2.24, 2.45) is 0 Å².